The highest BCUT2D eigenvalue weighted by Gasteiger charge is 1.99. The molecule has 164 valence electrons. The van der Waals surface area contributed by atoms with Crippen molar-refractivity contribution in [3.05, 3.63) is 34.3 Å². The summed E-state index contributed by atoms with van der Waals surface area (Å²) in [6.45, 7) is 2.28. The van der Waals surface area contributed by atoms with Gasteiger partial charge in [0.25, 0.3) is 0 Å². The van der Waals surface area contributed by atoms with Crippen LogP contribution in [0.2, 0.25) is 0 Å². The average molecular weight is 466 g/mol. The summed E-state index contributed by atoms with van der Waals surface area (Å²) < 4.78 is 1.01. The van der Waals surface area contributed by atoms with Gasteiger partial charge in [-0.3, -0.25) is 4.79 Å². The van der Waals surface area contributed by atoms with Crippen LogP contribution in [-0.4, -0.2) is 12.1 Å². The van der Waals surface area contributed by atoms with E-state index in [9.17, 15) is 4.79 Å². The molecule has 1 aromatic rings. The second kappa shape index (κ2) is 18.8. The van der Waals surface area contributed by atoms with Gasteiger partial charge >= 0.3 is 0 Å². The standard InChI is InChI=1S/C25H41BrN2O/c1-2-3-4-5-6-7-8-9-10-11-12-13-14-15-16-20-25(29)28-27-22-23-18-17-19-24(26)21-23/h17-19,21-22H,2-16,20H2,1H3,(H,28,29)/b27-22-. The molecule has 0 saturated carbocycles. The van der Waals surface area contributed by atoms with Gasteiger partial charge in [0.15, 0.2) is 0 Å². The SMILES string of the molecule is CCCCCCCCCCCCCCCCCC(=O)N/N=C\c1cccc(Br)c1. The van der Waals surface area contributed by atoms with Gasteiger partial charge in [-0.1, -0.05) is 125 Å². The van der Waals surface area contributed by atoms with Gasteiger partial charge in [-0.05, 0) is 24.1 Å². The molecule has 0 aliphatic rings. The Hall–Kier alpha value is -1.16. The largest absolute Gasteiger partial charge is 0.273 e. The lowest BCUT2D eigenvalue weighted by atomic mass is 10.0. The predicted octanol–water partition coefficient (Wildman–Crippen LogP) is 8.16. The van der Waals surface area contributed by atoms with Crippen LogP contribution >= 0.6 is 15.9 Å². The molecular formula is C25H41BrN2O. The van der Waals surface area contributed by atoms with E-state index < -0.39 is 0 Å². The Bertz CT molecular complexity index is 560. The zero-order valence-corrected chi connectivity index (χ0v) is 20.0. The Morgan fingerprint density at radius 3 is 1.90 bits per heavy atom. The Labute approximate surface area is 187 Å². The van der Waals surface area contributed by atoms with Crippen LogP contribution in [0.4, 0.5) is 0 Å². The van der Waals surface area contributed by atoms with Crippen LogP contribution in [0.15, 0.2) is 33.8 Å². The molecule has 1 aromatic carbocycles. The van der Waals surface area contributed by atoms with Crippen molar-refractivity contribution in [3.63, 3.8) is 0 Å². The molecular weight excluding hydrogens is 424 g/mol. The van der Waals surface area contributed by atoms with Crippen LogP contribution in [0.5, 0.6) is 0 Å². The Balaban J connectivity index is 1.84. The second-order valence-electron chi connectivity index (χ2n) is 8.05. The van der Waals surface area contributed by atoms with Gasteiger partial charge in [-0.2, -0.15) is 5.10 Å². The number of amides is 1. The summed E-state index contributed by atoms with van der Waals surface area (Å²) in [5.41, 5.74) is 3.58. The second-order valence-corrected chi connectivity index (χ2v) is 8.96. The smallest absolute Gasteiger partial charge is 0.240 e. The maximum Gasteiger partial charge on any atom is 0.240 e. The third-order valence-corrected chi connectivity index (χ3v) is 5.75. The van der Waals surface area contributed by atoms with E-state index in [1.54, 1.807) is 6.21 Å². The fourth-order valence-electron chi connectivity index (χ4n) is 3.48. The first-order chi connectivity index (χ1) is 14.2. The number of nitrogens with one attached hydrogen (secondary N) is 1. The van der Waals surface area contributed by atoms with Crippen molar-refractivity contribution in [1.29, 1.82) is 0 Å². The maximum atomic E-state index is 11.8. The molecule has 0 saturated heterocycles. The van der Waals surface area contributed by atoms with E-state index >= 15 is 0 Å². The lowest BCUT2D eigenvalue weighted by molar-refractivity contribution is -0.121. The minimum absolute atomic E-state index is 0.00550. The molecule has 0 heterocycles. The molecule has 0 atom stereocenters. The summed E-state index contributed by atoms with van der Waals surface area (Å²) in [6, 6.07) is 7.83. The number of hydrazone groups is 1. The topological polar surface area (TPSA) is 41.5 Å². The van der Waals surface area contributed by atoms with E-state index in [1.165, 1.54) is 83.5 Å². The van der Waals surface area contributed by atoms with Crippen LogP contribution in [0.25, 0.3) is 0 Å². The number of benzene rings is 1. The predicted molar refractivity (Wildman–Crippen MR) is 129 cm³/mol. The molecule has 0 aliphatic heterocycles. The fourth-order valence-corrected chi connectivity index (χ4v) is 3.90. The molecule has 1 amide bonds. The number of nitrogens with zero attached hydrogens (tertiary/aromatic N) is 1. The van der Waals surface area contributed by atoms with Crippen molar-refractivity contribution in [3.8, 4) is 0 Å². The van der Waals surface area contributed by atoms with Crippen molar-refractivity contribution in [2.45, 2.75) is 110 Å². The van der Waals surface area contributed by atoms with Crippen LogP contribution in [-0.2, 0) is 4.79 Å². The third-order valence-electron chi connectivity index (χ3n) is 5.26. The van der Waals surface area contributed by atoms with Gasteiger partial charge in [-0.15, -0.1) is 0 Å². The third kappa shape index (κ3) is 16.3. The van der Waals surface area contributed by atoms with Crippen molar-refractivity contribution >= 4 is 28.1 Å². The first kappa shape index (κ1) is 25.9. The molecule has 1 rings (SSSR count). The zero-order valence-electron chi connectivity index (χ0n) is 18.4. The molecule has 0 aliphatic carbocycles. The van der Waals surface area contributed by atoms with Crippen molar-refractivity contribution in [1.82, 2.24) is 5.43 Å². The number of hydrogen-bond acceptors (Lipinski definition) is 2. The Kier molecular flexibility index (Phi) is 16.8. The van der Waals surface area contributed by atoms with Crippen LogP contribution in [0.3, 0.4) is 0 Å². The lowest BCUT2D eigenvalue weighted by Crippen LogP contribution is -2.16. The first-order valence-corrected chi connectivity index (χ1v) is 12.6. The zero-order chi connectivity index (χ0) is 21.0. The van der Waals surface area contributed by atoms with E-state index in [0.717, 1.165) is 22.9 Å². The summed E-state index contributed by atoms with van der Waals surface area (Å²) in [5, 5.41) is 4.03. The highest BCUT2D eigenvalue weighted by atomic mass is 79.9. The molecule has 0 spiro atoms. The summed E-state index contributed by atoms with van der Waals surface area (Å²) in [4.78, 5) is 11.8. The fraction of sp³-hybridized carbons (Fsp3) is 0.680. The molecule has 0 aromatic heterocycles. The lowest BCUT2D eigenvalue weighted by Gasteiger charge is -2.03. The normalized spacial score (nSPS) is 11.2. The van der Waals surface area contributed by atoms with Crippen molar-refractivity contribution < 1.29 is 4.79 Å². The number of rotatable bonds is 18. The van der Waals surface area contributed by atoms with Gasteiger partial charge in [0.1, 0.15) is 0 Å². The molecule has 0 unspecified atom stereocenters. The summed E-state index contributed by atoms with van der Waals surface area (Å²) in [5.74, 6) is 0.00550. The highest BCUT2D eigenvalue weighted by Crippen LogP contribution is 2.14. The summed E-state index contributed by atoms with van der Waals surface area (Å²) in [6.07, 6.45) is 22.3. The quantitative estimate of drug-likeness (QED) is 0.133. The van der Waals surface area contributed by atoms with Crippen LogP contribution in [0.1, 0.15) is 115 Å². The van der Waals surface area contributed by atoms with E-state index in [-0.39, 0.29) is 5.91 Å². The molecule has 4 heteroatoms. The first-order valence-electron chi connectivity index (χ1n) is 11.8. The molecule has 29 heavy (non-hydrogen) atoms. The van der Waals surface area contributed by atoms with Gasteiger partial charge in [0.05, 0.1) is 6.21 Å². The number of carbonyl (C=O) groups is 1. The van der Waals surface area contributed by atoms with Gasteiger partial charge in [0.2, 0.25) is 5.91 Å². The van der Waals surface area contributed by atoms with E-state index in [2.05, 4.69) is 33.4 Å². The maximum absolute atomic E-state index is 11.8. The van der Waals surface area contributed by atoms with Gasteiger partial charge < -0.3 is 0 Å². The van der Waals surface area contributed by atoms with Crippen molar-refractivity contribution in [2.75, 3.05) is 0 Å². The van der Waals surface area contributed by atoms with Crippen LogP contribution < -0.4 is 5.43 Å². The minimum atomic E-state index is 0.00550. The number of hydrogen-bond donors (Lipinski definition) is 1. The van der Waals surface area contributed by atoms with Gasteiger partial charge in [0, 0.05) is 10.9 Å². The Morgan fingerprint density at radius 2 is 1.38 bits per heavy atom. The molecule has 0 radical (unpaired) electrons. The minimum Gasteiger partial charge on any atom is -0.273 e. The molecule has 0 bridgehead atoms. The summed E-state index contributed by atoms with van der Waals surface area (Å²) >= 11 is 3.42. The van der Waals surface area contributed by atoms with Gasteiger partial charge in [-0.25, -0.2) is 5.43 Å². The van der Waals surface area contributed by atoms with E-state index in [4.69, 9.17) is 0 Å². The molecule has 3 nitrogen and oxygen atoms in total. The monoisotopic (exact) mass is 464 g/mol. The highest BCUT2D eigenvalue weighted by molar-refractivity contribution is 9.10. The van der Waals surface area contributed by atoms with Crippen LogP contribution in [0, 0.1) is 0 Å². The molecule has 0 fully saturated rings. The number of unbranched alkanes of at least 4 members (excludes halogenated alkanes) is 14. The summed E-state index contributed by atoms with van der Waals surface area (Å²) in [7, 11) is 0. The number of carbonyl (C=O) groups excluding carboxylic acids is 1. The Morgan fingerprint density at radius 1 is 0.862 bits per heavy atom. The van der Waals surface area contributed by atoms with E-state index in [0.29, 0.717) is 6.42 Å². The number of halogens is 1. The van der Waals surface area contributed by atoms with E-state index in [1.807, 2.05) is 24.3 Å². The average Bonchev–Trinajstić information content (AvgIpc) is 2.71. The van der Waals surface area contributed by atoms with Crippen molar-refractivity contribution in [2.24, 2.45) is 5.10 Å². The molecule has 1 N–H and O–H groups in total.